The molecule has 0 aliphatic rings. The standard InChI is InChI=1S/C13H12ClFN2O/c1-16-7-9-5-6-12(17-8-9)18-11-4-2-3-10(14)13(11)15/h2-6,8,16H,7H2,1H3. The summed E-state index contributed by atoms with van der Waals surface area (Å²) in [6.07, 6.45) is 1.67. The Morgan fingerprint density at radius 1 is 1.33 bits per heavy atom. The lowest BCUT2D eigenvalue weighted by Crippen LogP contribution is -2.05. The molecule has 1 aromatic heterocycles. The fourth-order valence-electron chi connectivity index (χ4n) is 1.46. The summed E-state index contributed by atoms with van der Waals surface area (Å²) in [6.45, 7) is 0.721. The first kappa shape index (κ1) is 12.8. The molecule has 2 rings (SSSR count). The van der Waals surface area contributed by atoms with Crippen molar-refractivity contribution in [3.05, 3.63) is 52.9 Å². The summed E-state index contributed by atoms with van der Waals surface area (Å²) in [7, 11) is 1.85. The SMILES string of the molecule is CNCc1ccc(Oc2cccc(Cl)c2F)nc1. The Kier molecular flexibility index (Phi) is 4.12. The third kappa shape index (κ3) is 2.97. The van der Waals surface area contributed by atoms with Gasteiger partial charge in [-0.15, -0.1) is 0 Å². The topological polar surface area (TPSA) is 34.1 Å². The number of halogens is 2. The van der Waals surface area contributed by atoms with E-state index in [1.807, 2.05) is 13.1 Å². The number of aromatic nitrogens is 1. The molecule has 1 aromatic carbocycles. The van der Waals surface area contributed by atoms with Gasteiger partial charge < -0.3 is 10.1 Å². The minimum absolute atomic E-state index is 0.0271. The summed E-state index contributed by atoms with van der Waals surface area (Å²) in [5, 5.41) is 3.04. The number of hydrogen-bond acceptors (Lipinski definition) is 3. The van der Waals surface area contributed by atoms with E-state index in [0.717, 1.165) is 12.1 Å². The summed E-state index contributed by atoms with van der Waals surface area (Å²) in [5.41, 5.74) is 1.02. The molecule has 0 radical (unpaired) electrons. The molecule has 1 heterocycles. The number of nitrogens with one attached hydrogen (secondary N) is 1. The van der Waals surface area contributed by atoms with Gasteiger partial charge in [-0.2, -0.15) is 0 Å². The van der Waals surface area contributed by atoms with Crippen LogP contribution >= 0.6 is 11.6 Å². The Morgan fingerprint density at radius 3 is 2.83 bits per heavy atom. The van der Waals surface area contributed by atoms with Crippen LogP contribution in [0.1, 0.15) is 5.56 Å². The van der Waals surface area contributed by atoms with Crippen LogP contribution in [0.4, 0.5) is 4.39 Å². The maximum Gasteiger partial charge on any atom is 0.219 e. The highest BCUT2D eigenvalue weighted by atomic mass is 35.5. The van der Waals surface area contributed by atoms with E-state index in [-0.39, 0.29) is 10.8 Å². The van der Waals surface area contributed by atoms with Gasteiger partial charge in [-0.1, -0.05) is 23.7 Å². The Labute approximate surface area is 110 Å². The number of ether oxygens (including phenoxy) is 1. The van der Waals surface area contributed by atoms with Crippen molar-refractivity contribution >= 4 is 11.6 Å². The zero-order chi connectivity index (χ0) is 13.0. The van der Waals surface area contributed by atoms with Gasteiger partial charge in [0.05, 0.1) is 5.02 Å². The summed E-state index contributed by atoms with van der Waals surface area (Å²) < 4.78 is 18.9. The van der Waals surface area contributed by atoms with Gasteiger partial charge in [-0.3, -0.25) is 0 Å². The molecule has 0 aliphatic carbocycles. The molecule has 2 aromatic rings. The first-order valence-corrected chi connectivity index (χ1v) is 5.80. The van der Waals surface area contributed by atoms with Crippen LogP contribution in [-0.2, 0) is 6.54 Å². The highest BCUT2D eigenvalue weighted by Gasteiger charge is 2.08. The summed E-state index contributed by atoms with van der Waals surface area (Å²) in [4.78, 5) is 4.09. The second-order valence-corrected chi connectivity index (χ2v) is 4.10. The van der Waals surface area contributed by atoms with Gasteiger partial charge in [0.15, 0.2) is 11.6 Å². The normalized spacial score (nSPS) is 10.4. The zero-order valence-corrected chi connectivity index (χ0v) is 10.5. The Balaban J connectivity index is 2.16. The molecular weight excluding hydrogens is 255 g/mol. The van der Waals surface area contributed by atoms with Gasteiger partial charge in [-0.25, -0.2) is 9.37 Å². The first-order valence-electron chi connectivity index (χ1n) is 5.42. The quantitative estimate of drug-likeness (QED) is 0.921. The van der Waals surface area contributed by atoms with E-state index in [1.54, 1.807) is 18.3 Å². The third-order valence-corrected chi connectivity index (χ3v) is 2.60. The van der Waals surface area contributed by atoms with E-state index in [2.05, 4.69) is 10.3 Å². The fourth-order valence-corrected chi connectivity index (χ4v) is 1.62. The Hall–Kier alpha value is -1.65. The highest BCUT2D eigenvalue weighted by Crippen LogP contribution is 2.27. The monoisotopic (exact) mass is 266 g/mol. The van der Waals surface area contributed by atoms with Gasteiger partial charge in [-0.05, 0) is 24.7 Å². The molecule has 0 fully saturated rings. The van der Waals surface area contributed by atoms with Crippen molar-refractivity contribution < 1.29 is 9.13 Å². The van der Waals surface area contributed by atoms with Crippen molar-refractivity contribution in [1.82, 2.24) is 10.3 Å². The maximum absolute atomic E-state index is 13.6. The molecule has 18 heavy (non-hydrogen) atoms. The van der Waals surface area contributed by atoms with E-state index in [1.165, 1.54) is 12.1 Å². The Morgan fingerprint density at radius 2 is 2.17 bits per heavy atom. The maximum atomic E-state index is 13.6. The Bertz CT molecular complexity index is 531. The number of pyridine rings is 1. The van der Waals surface area contributed by atoms with Crippen LogP contribution in [0.5, 0.6) is 11.6 Å². The molecule has 0 saturated carbocycles. The van der Waals surface area contributed by atoms with E-state index in [4.69, 9.17) is 16.3 Å². The molecule has 0 saturated heterocycles. The minimum atomic E-state index is -0.583. The predicted octanol–water partition coefficient (Wildman–Crippen LogP) is 3.39. The average Bonchev–Trinajstić information content (AvgIpc) is 2.38. The van der Waals surface area contributed by atoms with Gasteiger partial charge in [0, 0.05) is 18.8 Å². The highest BCUT2D eigenvalue weighted by molar-refractivity contribution is 6.30. The van der Waals surface area contributed by atoms with E-state index >= 15 is 0 Å². The number of rotatable bonds is 4. The van der Waals surface area contributed by atoms with Crippen molar-refractivity contribution in [1.29, 1.82) is 0 Å². The summed E-state index contributed by atoms with van der Waals surface area (Å²) in [6, 6.07) is 8.14. The van der Waals surface area contributed by atoms with E-state index < -0.39 is 5.82 Å². The smallest absolute Gasteiger partial charge is 0.219 e. The lowest BCUT2D eigenvalue weighted by molar-refractivity contribution is 0.427. The number of hydrogen-bond donors (Lipinski definition) is 1. The van der Waals surface area contributed by atoms with Crippen LogP contribution in [0.3, 0.4) is 0 Å². The molecule has 0 aliphatic heterocycles. The molecule has 0 spiro atoms. The molecule has 5 heteroatoms. The lowest BCUT2D eigenvalue weighted by Gasteiger charge is -2.07. The van der Waals surface area contributed by atoms with Crippen LogP contribution in [0, 0.1) is 5.82 Å². The van der Waals surface area contributed by atoms with Crippen LogP contribution in [0.25, 0.3) is 0 Å². The number of benzene rings is 1. The van der Waals surface area contributed by atoms with E-state index in [0.29, 0.717) is 5.88 Å². The summed E-state index contributed by atoms with van der Waals surface area (Å²) >= 11 is 5.66. The van der Waals surface area contributed by atoms with Crippen LogP contribution < -0.4 is 10.1 Å². The molecule has 0 atom stereocenters. The third-order valence-electron chi connectivity index (χ3n) is 2.31. The molecule has 3 nitrogen and oxygen atoms in total. The second kappa shape index (κ2) is 5.80. The predicted molar refractivity (Wildman–Crippen MR) is 68.5 cm³/mol. The number of nitrogens with zero attached hydrogens (tertiary/aromatic N) is 1. The van der Waals surface area contributed by atoms with Crippen molar-refractivity contribution in [3.63, 3.8) is 0 Å². The summed E-state index contributed by atoms with van der Waals surface area (Å²) in [5.74, 6) is -0.187. The van der Waals surface area contributed by atoms with Crippen LogP contribution in [-0.4, -0.2) is 12.0 Å². The molecule has 0 unspecified atom stereocenters. The molecular formula is C13H12ClFN2O. The van der Waals surface area contributed by atoms with Gasteiger partial charge in [0.2, 0.25) is 5.88 Å². The first-order chi connectivity index (χ1) is 8.70. The lowest BCUT2D eigenvalue weighted by atomic mass is 10.3. The van der Waals surface area contributed by atoms with Crippen molar-refractivity contribution in [2.45, 2.75) is 6.54 Å². The van der Waals surface area contributed by atoms with Gasteiger partial charge in [0.25, 0.3) is 0 Å². The largest absolute Gasteiger partial charge is 0.436 e. The van der Waals surface area contributed by atoms with E-state index in [9.17, 15) is 4.39 Å². The molecule has 0 bridgehead atoms. The van der Waals surface area contributed by atoms with Crippen molar-refractivity contribution in [3.8, 4) is 11.6 Å². The zero-order valence-electron chi connectivity index (χ0n) is 9.78. The van der Waals surface area contributed by atoms with Crippen molar-refractivity contribution in [2.75, 3.05) is 7.05 Å². The van der Waals surface area contributed by atoms with Gasteiger partial charge in [0.1, 0.15) is 0 Å². The van der Waals surface area contributed by atoms with Gasteiger partial charge >= 0.3 is 0 Å². The van der Waals surface area contributed by atoms with Crippen LogP contribution in [0.15, 0.2) is 36.5 Å². The molecule has 94 valence electrons. The average molecular weight is 267 g/mol. The second-order valence-electron chi connectivity index (χ2n) is 3.69. The van der Waals surface area contributed by atoms with Crippen molar-refractivity contribution in [2.24, 2.45) is 0 Å². The fraction of sp³-hybridized carbons (Fsp3) is 0.154. The molecule has 1 N–H and O–H groups in total. The molecule has 0 amide bonds. The van der Waals surface area contributed by atoms with Crippen LogP contribution in [0.2, 0.25) is 5.02 Å². The minimum Gasteiger partial charge on any atom is -0.436 e.